The first-order valence-electron chi connectivity index (χ1n) is 7.17. The van der Waals surface area contributed by atoms with Gasteiger partial charge >= 0.3 is 0 Å². The molecule has 0 radical (unpaired) electrons. The van der Waals surface area contributed by atoms with Crippen LogP contribution in [0.15, 0.2) is 58.7 Å². The highest BCUT2D eigenvalue weighted by Gasteiger charge is 1.94. The minimum absolute atomic E-state index is 1.03. The second-order valence-electron chi connectivity index (χ2n) is 5.46. The highest BCUT2D eigenvalue weighted by Crippen LogP contribution is 2.12. The van der Waals surface area contributed by atoms with Crippen molar-refractivity contribution >= 4 is 23.8 Å². The Morgan fingerprint density at radius 2 is 0.909 bits per heavy atom. The van der Waals surface area contributed by atoms with Crippen molar-refractivity contribution in [2.45, 2.75) is 0 Å². The van der Waals surface area contributed by atoms with Gasteiger partial charge in [0.2, 0.25) is 0 Å². The van der Waals surface area contributed by atoms with Crippen molar-refractivity contribution in [2.75, 3.05) is 38.0 Å². The summed E-state index contributed by atoms with van der Waals surface area (Å²) in [5, 5.41) is 8.18. The molecule has 0 aliphatic carbocycles. The summed E-state index contributed by atoms with van der Waals surface area (Å²) in [5.41, 5.74) is 4.40. The van der Waals surface area contributed by atoms with Crippen molar-refractivity contribution in [3.05, 3.63) is 59.7 Å². The lowest BCUT2D eigenvalue weighted by Gasteiger charge is -2.11. The molecule has 2 aromatic carbocycles. The molecule has 0 aliphatic heterocycles. The topological polar surface area (TPSA) is 31.2 Å². The summed E-state index contributed by atoms with van der Waals surface area (Å²) >= 11 is 0. The van der Waals surface area contributed by atoms with E-state index >= 15 is 0 Å². The zero-order chi connectivity index (χ0) is 15.9. The quantitative estimate of drug-likeness (QED) is 0.626. The summed E-state index contributed by atoms with van der Waals surface area (Å²) in [7, 11) is 8.09. The highest BCUT2D eigenvalue weighted by molar-refractivity contribution is 5.83. The van der Waals surface area contributed by atoms with Gasteiger partial charge in [0, 0.05) is 39.6 Å². The van der Waals surface area contributed by atoms with E-state index in [9.17, 15) is 0 Å². The number of rotatable bonds is 5. The molecule has 0 heterocycles. The van der Waals surface area contributed by atoms with Crippen LogP contribution in [0.3, 0.4) is 0 Å². The Bertz CT molecular complexity index is 578. The molecule has 114 valence electrons. The highest BCUT2D eigenvalue weighted by atomic mass is 15.2. The van der Waals surface area contributed by atoms with Crippen LogP contribution in [0.5, 0.6) is 0 Å². The number of nitrogens with zero attached hydrogens (tertiary/aromatic N) is 4. The summed E-state index contributed by atoms with van der Waals surface area (Å²) in [6, 6.07) is 16.4. The molecule has 4 nitrogen and oxygen atoms in total. The van der Waals surface area contributed by atoms with Gasteiger partial charge in [0.1, 0.15) is 0 Å². The van der Waals surface area contributed by atoms with E-state index < -0.39 is 0 Å². The number of anilines is 2. The van der Waals surface area contributed by atoms with Gasteiger partial charge < -0.3 is 9.80 Å². The van der Waals surface area contributed by atoms with Crippen LogP contribution in [0.4, 0.5) is 11.4 Å². The normalized spacial score (nSPS) is 11.3. The average Bonchev–Trinajstić information content (AvgIpc) is 2.52. The van der Waals surface area contributed by atoms with E-state index in [2.05, 4.69) is 44.3 Å². The molecule has 0 atom stereocenters. The molecule has 2 rings (SSSR count). The summed E-state index contributed by atoms with van der Waals surface area (Å²) < 4.78 is 0. The Hall–Kier alpha value is -2.62. The first kappa shape index (κ1) is 15.8. The van der Waals surface area contributed by atoms with E-state index in [0.29, 0.717) is 0 Å². The second-order valence-corrected chi connectivity index (χ2v) is 5.46. The molecule has 4 heteroatoms. The maximum atomic E-state index is 4.09. The monoisotopic (exact) mass is 294 g/mol. The van der Waals surface area contributed by atoms with Crippen molar-refractivity contribution in [1.29, 1.82) is 0 Å². The van der Waals surface area contributed by atoms with Crippen LogP contribution < -0.4 is 9.80 Å². The third-order valence-electron chi connectivity index (χ3n) is 3.30. The largest absolute Gasteiger partial charge is 0.378 e. The Kier molecular flexibility index (Phi) is 5.31. The smallest absolute Gasteiger partial charge is 0.0568 e. The minimum atomic E-state index is 1.03. The molecule has 0 spiro atoms. The van der Waals surface area contributed by atoms with Gasteiger partial charge in [-0.1, -0.05) is 24.3 Å². The van der Waals surface area contributed by atoms with Crippen molar-refractivity contribution in [3.63, 3.8) is 0 Å². The van der Waals surface area contributed by atoms with E-state index in [4.69, 9.17) is 0 Å². The number of hydrogen-bond donors (Lipinski definition) is 0. The number of hydrogen-bond acceptors (Lipinski definition) is 4. The minimum Gasteiger partial charge on any atom is -0.378 e. The summed E-state index contributed by atoms with van der Waals surface area (Å²) in [4.78, 5) is 4.13. The van der Waals surface area contributed by atoms with Gasteiger partial charge in [-0.2, -0.15) is 10.2 Å². The van der Waals surface area contributed by atoms with Crippen molar-refractivity contribution in [2.24, 2.45) is 10.2 Å². The lowest BCUT2D eigenvalue weighted by Crippen LogP contribution is -2.08. The molecule has 0 amide bonds. The second kappa shape index (κ2) is 7.41. The average molecular weight is 294 g/mol. The first-order valence-corrected chi connectivity index (χ1v) is 7.17. The number of benzene rings is 2. The molecule has 0 unspecified atom stereocenters. The Labute approximate surface area is 132 Å². The molecule has 0 saturated carbocycles. The first-order chi connectivity index (χ1) is 10.6. The Morgan fingerprint density at radius 3 is 1.18 bits per heavy atom. The van der Waals surface area contributed by atoms with Gasteiger partial charge in [0.25, 0.3) is 0 Å². The van der Waals surface area contributed by atoms with Gasteiger partial charge in [-0.15, -0.1) is 0 Å². The summed E-state index contributed by atoms with van der Waals surface area (Å²) in [6.45, 7) is 0. The molecule has 0 aromatic heterocycles. The Morgan fingerprint density at radius 1 is 0.591 bits per heavy atom. The molecular weight excluding hydrogens is 272 g/mol. The zero-order valence-electron chi connectivity index (χ0n) is 13.6. The van der Waals surface area contributed by atoms with Crippen molar-refractivity contribution < 1.29 is 0 Å². The molecular formula is C18H22N4. The summed E-state index contributed by atoms with van der Waals surface area (Å²) in [6.07, 6.45) is 3.51. The zero-order valence-corrected chi connectivity index (χ0v) is 13.6. The predicted octanol–water partition coefficient (Wildman–Crippen LogP) is 3.27. The molecule has 0 fully saturated rings. The Balaban J connectivity index is 1.96. The SMILES string of the molecule is CN(C)c1ccc(/C=N\N=C/c2ccc(N(C)C)cc2)cc1. The van der Waals surface area contributed by atoms with Crippen LogP contribution >= 0.6 is 0 Å². The van der Waals surface area contributed by atoms with Gasteiger partial charge in [0.05, 0.1) is 12.4 Å². The third-order valence-corrected chi connectivity index (χ3v) is 3.30. The van der Waals surface area contributed by atoms with Crippen LogP contribution in [-0.4, -0.2) is 40.6 Å². The third kappa shape index (κ3) is 4.45. The van der Waals surface area contributed by atoms with Crippen LogP contribution in [0.25, 0.3) is 0 Å². The van der Waals surface area contributed by atoms with E-state index in [1.54, 1.807) is 12.4 Å². The van der Waals surface area contributed by atoms with Crippen LogP contribution in [0.1, 0.15) is 11.1 Å². The fourth-order valence-corrected chi connectivity index (χ4v) is 1.92. The van der Waals surface area contributed by atoms with Gasteiger partial charge in [-0.25, -0.2) is 0 Å². The van der Waals surface area contributed by atoms with Gasteiger partial charge in [0.15, 0.2) is 0 Å². The predicted molar refractivity (Wildman–Crippen MR) is 96.7 cm³/mol. The lowest BCUT2D eigenvalue weighted by molar-refractivity contribution is 1.13. The van der Waals surface area contributed by atoms with Crippen LogP contribution in [0, 0.1) is 0 Å². The molecule has 0 aliphatic rings. The fraction of sp³-hybridized carbons (Fsp3) is 0.222. The molecule has 0 saturated heterocycles. The van der Waals surface area contributed by atoms with E-state index in [-0.39, 0.29) is 0 Å². The van der Waals surface area contributed by atoms with Gasteiger partial charge in [-0.05, 0) is 35.4 Å². The maximum absolute atomic E-state index is 4.09. The van der Waals surface area contributed by atoms with Crippen LogP contribution in [0.2, 0.25) is 0 Å². The van der Waals surface area contributed by atoms with Crippen molar-refractivity contribution in [1.82, 2.24) is 0 Å². The van der Waals surface area contributed by atoms with Gasteiger partial charge in [-0.3, -0.25) is 0 Å². The van der Waals surface area contributed by atoms with Crippen LogP contribution in [-0.2, 0) is 0 Å². The molecule has 0 bridgehead atoms. The maximum Gasteiger partial charge on any atom is 0.0568 e. The molecule has 2 aromatic rings. The van der Waals surface area contributed by atoms with E-state index in [1.807, 2.05) is 52.5 Å². The van der Waals surface area contributed by atoms with E-state index in [1.165, 1.54) is 11.4 Å². The standard InChI is InChI=1S/C18H22N4/c1-21(2)17-9-5-15(6-10-17)13-19-20-14-16-7-11-18(12-8-16)22(3)4/h5-14H,1-4H3/b19-13-,20-14-. The van der Waals surface area contributed by atoms with Crippen molar-refractivity contribution in [3.8, 4) is 0 Å². The fourth-order valence-electron chi connectivity index (χ4n) is 1.92. The molecule has 22 heavy (non-hydrogen) atoms. The summed E-state index contributed by atoms with van der Waals surface area (Å²) in [5.74, 6) is 0. The molecule has 0 N–H and O–H groups in total. The lowest BCUT2D eigenvalue weighted by atomic mass is 10.2. The van der Waals surface area contributed by atoms with E-state index in [0.717, 1.165) is 11.1 Å².